The minimum Gasteiger partial charge on any atom is -0.355 e. The molecule has 1 amide bonds. The Morgan fingerprint density at radius 1 is 0.771 bits per heavy atom. The monoisotopic (exact) mass is 463 g/mol. The molecule has 0 aliphatic rings. The van der Waals surface area contributed by atoms with Gasteiger partial charge in [-0.3, -0.25) is 14.8 Å². The van der Waals surface area contributed by atoms with Crippen molar-refractivity contribution in [2.24, 2.45) is 0 Å². The minimum absolute atomic E-state index is 0.114. The standard InChI is InChI=1S/C28H22FN5O/c1-34(28(35)19-2-5-21(6-3-19)32-23-12-15-30-16-13-23)24-9-7-22(8-10-24)33-27-14-17-31-26-11-4-20(29)18-25(26)27/h2-18H,1H3,(H,30,32)(H,31,33). The van der Waals surface area contributed by atoms with E-state index < -0.39 is 0 Å². The van der Waals surface area contributed by atoms with Crippen molar-refractivity contribution in [2.75, 3.05) is 22.6 Å². The maximum Gasteiger partial charge on any atom is 0.258 e. The van der Waals surface area contributed by atoms with Gasteiger partial charge in [0.05, 0.1) is 5.52 Å². The van der Waals surface area contributed by atoms with E-state index in [1.807, 2.05) is 48.5 Å². The summed E-state index contributed by atoms with van der Waals surface area (Å²) < 4.78 is 13.7. The molecular formula is C28H22FN5O. The van der Waals surface area contributed by atoms with Crippen LogP contribution in [0.15, 0.2) is 104 Å². The van der Waals surface area contributed by atoms with E-state index in [2.05, 4.69) is 20.6 Å². The zero-order chi connectivity index (χ0) is 24.2. The van der Waals surface area contributed by atoms with Crippen LogP contribution in [0.25, 0.3) is 10.9 Å². The van der Waals surface area contributed by atoms with Crippen LogP contribution in [0.1, 0.15) is 10.4 Å². The lowest BCUT2D eigenvalue weighted by Gasteiger charge is -2.18. The van der Waals surface area contributed by atoms with E-state index >= 15 is 0 Å². The second-order valence-electron chi connectivity index (χ2n) is 7.99. The largest absolute Gasteiger partial charge is 0.355 e. The van der Waals surface area contributed by atoms with Crippen molar-refractivity contribution in [2.45, 2.75) is 0 Å². The average molecular weight is 464 g/mol. The molecule has 5 aromatic rings. The number of benzene rings is 3. The molecule has 2 aromatic heterocycles. The lowest BCUT2D eigenvalue weighted by Crippen LogP contribution is -2.26. The molecule has 7 heteroatoms. The Morgan fingerprint density at radius 2 is 1.43 bits per heavy atom. The number of halogens is 1. The molecule has 172 valence electrons. The first kappa shape index (κ1) is 22.0. The van der Waals surface area contributed by atoms with Crippen molar-refractivity contribution >= 4 is 45.2 Å². The molecule has 0 aliphatic carbocycles. The average Bonchev–Trinajstić information content (AvgIpc) is 2.90. The first-order valence-electron chi connectivity index (χ1n) is 11.0. The molecule has 35 heavy (non-hydrogen) atoms. The molecule has 2 N–H and O–H groups in total. The summed E-state index contributed by atoms with van der Waals surface area (Å²) in [5.41, 5.74) is 5.43. The number of carbonyl (C=O) groups excluding carboxylic acids is 1. The molecule has 0 saturated carbocycles. The number of carbonyl (C=O) groups is 1. The molecule has 0 aliphatic heterocycles. The first-order chi connectivity index (χ1) is 17.1. The van der Waals surface area contributed by atoms with E-state index in [0.717, 1.165) is 28.4 Å². The number of fused-ring (bicyclic) bond motifs is 1. The number of pyridine rings is 2. The van der Waals surface area contributed by atoms with E-state index in [-0.39, 0.29) is 11.7 Å². The molecule has 0 atom stereocenters. The number of amides is 1. The van der Waals surface area contributed by atoms with E-state index in [9.17, 15) is 9.18 Å². The van der Waals surface area contributed by atoms with Gasteiger partial charge in [0, 0.05) is 65.0 Å². The molecule has 0 spiro atoms. The molecule has 2 heterocycles. The number of hydrogen-bond acceptors (Lipinski definition) is 5. The zero-order valence-corrected chi connectivity index (χ0v) is 18.9. The van der Waals surface area contributed by atoms with Gasteiger partial charge in [0.25, 0.3) is 5.91 Å². The summed E-state index contributed by atoms with van der Waals surface area (Å²) in [5, 5.41) is 7.28. The van der Waals surface area contributed by atoms with Gasteiger partial charge in [0.15, 0.2) is 0 Å². The van der Waals surface area contributed by atoms with Crippen LogP contribution in [0, 0.1) is 5.82 Å². The molecule has 0 bridgehead atoms. The maximum absolute atomic E-state index is 13.7. The normalized spacial score (nSPS) is 10.7. The molecular weight excluding hydrogens is 441 g/mol. The summed E-state index contributed by atoms with van der Waals surface area (Å²) in [7, 11) is 1.74. The Bertz CT molecular complexity index is 1470. The van der Waals surface area contributed by atoms with E-state index in [0.29, 0.717) is 16.5 Å². The van der Waals surface area contributed by atoms with Gasteiger partial charge >= 0.3 is 0 Å². The Morgan fingerprint density at radius 3 is 2.17 bits per heavy atom. The van der Waals surface area contributed by atoms with E-state index in [4.69, 9.17) is 0 Å². The van der Waals surface area contributed by atoms with Crippen molar-refractivity contribution in [3.05, 3.63) is 115 Å². The van der Waals surface area contributed by atoms with Crippen molar-refractivity contribution in [3.8, 4) is 0 Å². The topological polar surface area (TPSA) is 70.2 Å². The number of rotatable bonds is 6. The zero-order valence-electron chi connectivity index (χ0n) is 18.9. The molecule has 5 rings (SSSR count). The smallest absolute Gasteiger partial charge is 0.258 e. The predicted octanol–water partition coefficient (Wildman–Crippen LogP) is 6.53. The fourth-order valence-electron chi connectivity index (χ4n) is 3.76. The lowest BCUT2D eigenvalue weighted by atomic mass is 10.1. The number of aromatic nitrogens is 2. The molecule has 6 nitrogen and oxygen atoms in total. The molecule has 0 radical (unpaired) electrons. The second kappa shape index (κ2) is 9.61. The third-order valence-electron chi connectivity index (χ3n) is 5.64. The van der Waals surface area contributed by atoms with Gasteiger partial charge in [-0.05, 0) is 84.9 Å². The Balaban J connectivity index is 1.28. The van der Waals surface area contributed by atoms with E-state index in [1.165, 1.54) is 12.1 Å². The summed E-state index contributed by atoms with van der Waals surface area (Å²) in [6.45, 7) is 0. The molecule has 0 fully saturated rings. The highest BCUT2D eigenvalue weighted by Gasteiger charge is 2.14. The van der Waals surface area contributed by atoms with Gasteiger partial charge in [0.1, 0.15) is 5.82 Å². The third-order valence-corrected chi connectivity index (χ3v) is 5.64. The van der Waals surface area contributed by atoms with Crippen molar-refractivity contribution in [3.63, 3.8) is 0 Å². The van der Waals surface area contributed by atoms with Crippen LogP contribution in [-0.4, -0.2) is 22.9 Å². The fourth-order valence-corrected chi connectivity index (χ4v) is 3.76. The summed E-state index contributed by atoms with van der Waals surface area (Å²) in [4.78, 5) is 22.9. The highest BCUT2D eigenvalue weighted by molar-refractivity contribution is 6.06. The summed E-state index contributed by atoms with van der Waals surface area (Å²) in [6, 6.07) is 24.9. The molecule has 0 saturated heterocycles. The highest BCUT2D eigenvalue weighted by Crippen LogP contribution is 2.27. The van der Waals surface area contributed by atoms with Gasteiger partial charge < -0.3 is 15.5 Å². The van der Waals surface area contributed by atoms with Crippen LogP contribution in [0.4, 0.5) is 32.8 Å². The maximum atomic E-state index is 13.7. The van der Waals surface area contributed by atoms with Crippen LogP contribution >= 0.6 is 0 Å². The summed E-state index contributed by atoms with van der Waals surface area (Å²) in [5.74, 6) is -0.429. The highest BCUT2D eigenvalue weighted by atomic mass is 19.1. The second-order valence-corrected chi connectivity index (χ2v) is 7.99. The third kappa shape index (κ3) is 4.94. The lowest BCUT2D eigenvalue weighted by molar-refractivity contribution is 0.0993. The van der Waals surface area contributed by atoms with Gasteiger partial charge in [-0.15, -0.1) is 0 Å². The quantitative estimate of drug-likeness (QED) is 0.299. The Kier molecular flexibility index (Phi) is 6.05. The number of anilines is 5. The first-order valence-corrected chi connectivity index (χ1v) is 11.0. The van der Waals surface area contributed by atoms with Gasteiger partial charge in [0.2, 0.25) is 0 Å². The van der Waals surface area contributed by atoms with Crippen LogP contribution in [-0.2, 0) is 0 Å². The van der Waals surface area contributed by atoms with Crippen LogP contribution in [0.3, 0.4) is 0 Å². The van der Waals surface area contributed by atoms with Crippen molar-refractivity contribution < 1.29 is 9.18 Å². The fraction of sp³-hybridized carbons (Fsp3) is 0.0357. The van der Waals surface area contributed by atoms with E-state index in [1.54, 1.807) is 54.8 Å². The Hall–Kier alpha value is -4.78. The predicted molar refractivity (Wildman–Crippen MR) is 138 cm³/mol. The van der Waals surface area contributed by atoms with Gasteiger partial charge in [-0.25, -0.2) is 4.39 Å². The van der Waals surface area contributed by atoms with Gasteiger partial charge in [-0.2, -0.15) is 0 Å². The van der Waals surface area contributed by atoms with Gasteiger partial charge in [-0.1, -0.05) is 0 Å². The SMILES string of the molecule is CN(C(=O)c1ccc(Nc2ccncc2)cc1)c1ccc(Nc2ccnc3ccc(F)cc23)cc1. The molecule has 0 unspecified atom stereocenters. The number of nitrogens with zero attached hydrogens (tertiary/aromatic N) is 3. The number of hydrogen-bond donors (Lipinski definition) is 2. The van der Waals surface area contributed by atoms with Crippen LogP contribution in [0.2, 0.25) is 0 Å². The Labute approximate surface area is 202 Å². The van der Waals surface area contributed by atoms with Crippen molar-refractivity contribution in [1.82, 2.24) is 9.97 Å². The summed E-state index contributed by atoms with van der Waals surface area (Å²) in [6.07, 6.45) is 5.12. The van der Waals surface area contributed by atoms with Crippen LogP contribution in [0.5, 0.6) is 0 Å². The summed E-state index contributed by atoms with van der Waals surface area (Å²) >= 11 is 0. The van der Waals surface area contributed by atoms with Crippen molar-refractivity contribution in [1.29, 1.82) is 0 Å². The number of nitrogens with one attached hydrogen (secondary N) is 2. The molecule has 3 aromatic carbocycles. The van der Waals surface area contributed by atoms with Crippen LogP contribution < -0.4 is 15.5 Å². The minimum atomic E-state index is -0.315.